The van der Waals surface area contributed by atoms with Gasteiger partial charge in [0.05, 0.1) is 16.5 Å². The molecule has 3 aromatic rings. The number of nitrogens with zero attached hydrogens (tertiary/aromatic N) is 2. The van der Waals surface area contributed by atoms with Crippen molar-refractivity contribution in [1.82, 2.24) is 15.2 Å². The largest absolute Gasteiger partial charge is 0.467 e. The molecule has 0 amide bonds. The van der Waals surface area contributed by atoms with Crippen LogP contribution >= 0.6 is 11.3 Å². The van der Waals surface area contributed by atoms with Crippen LogP contribution < -0.4 is 5.32 Å². The fourth-order valence-corrected chi connectivity index (χ4v) is 3.96. The second kappa shape index (κ2) is 5.60. The van der Waals surface area contributed by atoms with Crippen molar-refractivity contribution >= 4 is 21.6 Å². The summed E-state index contributed by atoms with van der Waals surface area (Å²) in [5.74, 6) is 0.982. The molecule has 1 aliphatic heterocycles. The van der Waals surface area contributed by atoms with Crippen molar-refractivity contribution in [2.75, 3.05) is 26.2 Å². The number of aromatic nitrogens is 1. The van der Waals surface area contributed by atoms with Crippen LogP contribution in [-0.4, -0.2) is 36.1 Å². The lowest BCUT2D eigenvalue weighted by Gasteiger charge is -2.32. The molecule has 1 aliphatic rings. The monoisotopic (exact) mass is 299 g/mol. The van der Waals surface area contributed by atoms with E-state index in [-0.39, 0.29) is 6.04 Å². The summed E-state index contributed by atoms with van der Waals surface area (Å²) < 4.78 is 6.94. The average molecular weight is 299 g/mol. The molecule has 1 unspecified atom stereocenters. The third kappa shape index (κ3) is 2.48. The molecule has 1 aromatic carbocycles. The highest BCUT2D eigenvalue weighted by Gasteiger charge is 2.28. The highest BCUT2D eigenvalue weighted by molar-refractivity contribution is 7.18. The second-order valence-corrected chi connectivity index (χ2v) is 6.29. The first-order valence-corrected chi connectivity index (χ1v) is 8.07. The molecule has 0 saturated carbocycles. The van der Waals surface area contributed by atoms with Crippen molar-refractivity contribution in [3.05, 3.63) is 53.4 Å². The predicted molar refractivity (Wildman–Crippen MR) is 84.6 cm³/mol. The summed E-state index contributed by atoms with van der Waals surface area (Å²) >= 11 is 1.76. The summed E-state index contributed by atoms with van der Waals surface area (Å²) in [6.07, 6.45) is 1.75. The Labute approximate surface area is 127 Å². The molecule has 1 atom stereocenters. The number of benzene rings is 1. The molecule has 108 valence electrons. The fourth-order valence-electron chi connectivity index (χ4n) is 2.85. The summed E-state index contributed by atoms with van der Waals surface area (Å²) in [6.45, 7) is 4.06. The zero-order chi connectivity index (χ0) is 14.1. The van der Waals surface area contributed by atoms with Crippen molar-refractivity contribution in [2.24, 2.45) is 0 Å². The molecule has 1 fully saturated rings. The van der Waals surface area contributed by atoms with E-state index >= 15 is 0 Å². The first-order chi connectivity index (χ1) is 10.4. The van der Waals surface area contributed by atoms with Crippen molar-refractivity contribution in [2.45, 2.75) is 6.04 Å². The minimum Gasteiger partial charge on any atom is -0.467 e. The summed E-state index contributed by atoms with van der Waals surface area (Å²) in [4.78, 5) is 7.29. The smallest absolute Gasteiger partial charge is 0.127 e. The van der Waals surface area contributed by atoms with Crippen LogP contribution in [0.15, 0.2) is 47.1 Å². The second-order valence-electron chi connectivity index (χ2n) is 5.22. The Kier molecular flexibility index (Phi) is 3.47. The Morgan fingerprint density at radius 3 is 2.76 bits per heavy atom. The third-order valence-corrected chi connectivity index (χ3v) is 4.96. The van der Waals surface area contributed by atoms with Crippen molar-refractivity contribution in [3.63, 3.8) is 0 Å². The summed E-state index contributed by atoms with van der Waals surface area (Å²) in [5.41, 5.74) is 1.07. The maximum atomic E-state index is 5.70. The standard InChI is InChI=1S/C16H17N3OS/c1-2-6-14-12(4-1)18-16(21-14)15(13-5-3-11-20-13)19-9-7-17-8-10-19/h1-6,11,15,17H,7-10H2. The number of piperazine rings is 1. The lowest BCUT2D eigenvalue weighted by Crippen LogP contribution is -2.45. The van der Waals surface area contributed by atoms with E-state index in [0.29, 0.717) is 0 Å². The topological polar surface area (TPSA) is 41.3 Å². The van der Waals surface area contributed by atoms with E-state index in [1.54, 1.807) is 17.6 Å². The van der Waals surface area contributed by atoms with Gasteiger partial charge in [-0.3, -0.25) is 4.90 Å². The Hall–Kier alpha value is -1.69. The Bertz CT molecular complexity index is 683. The van der Waals surface area contributed by atoms with Crippen LogP contribution in [-0.2, 0) is 0 Å². The molecule has 21 heavy (non-hydrogen) atoms. The lowest BCUT2D eigenvalue weighted by molar-refractivity contribution is 0.180. The van der Waals surface area contributed by atoms with Gasteiger partial charge in [0, 0.05) is 26.2 Å². The number of thiazole rings is 1. The van der Waals surface area contributed by atoms with Gasteiger partial charge in [-0.15, -0.1) is 11.3 Å². The van der Waals surface area contributed by atoms with Crippen LogP contribution in [0.3, 0.4) is 0 Å². The van der Waals surface area contributed by atoms with Crippen LogP contribution in [0.25, 0.3) is 10.2 Å². The van der Waals surface area contributed by atoms with Gasteiger partial charge >= 0.3 is 0 Å². The van der Waals surface area contributed by atoms with Gasteiger partial charge in [0.1, 0.15) is 16.8 Å². The number of rotatable bonds is 3. The molecular formula is C16H17N3OS. The van der Waals surface area contributed by atoms with Gasteiger partial charge in [-0.2, -0.15) is 0 Å². The maximum absolute atomic E-state index is 5.70. The zero-order valence-electron chi connectivity index (χ0n) is 11.7. The molecule has 3 heterocycles. The summed E-state index contributed by atoms with van der Waals surface area (Å²) in [7, 11) is 0. The Balaban J connectivity index is 1.77. The van der Waals surface area contributed by atoms with E-state index in [1.807, 2.05) is 12.1 Å². The number of nitrogens with one attached hydrogen (secondary N) is 1. The van der Waals surface area contributed by atoms with Crippen molar-refractivity contribution < 1.29 is 4.42 Å². The van der Waals surface area contributed by atoms with Gasteiger partial charge in [0.2, 0.25) is 0 Å². The quantitative estimate of drug-likeness (QED) is 0.807. The van der Waals surface area contributed by atoms with Gasteiger partial charge < -0.3 is 9.73 Å². The number of fused-ring (bicyclic) bond motifs is 1. The van der Waals surface area contributed by atoms with E-state index in [4.69, 9.17) is 9.40 Å². The van der Waals surface area contributed by atoms with E-state index in [0.717, 1.165) is 42.5 Å². The van der Waals surface area contributed by atoms with Gasteiger partial charge in [-0.25, -0.2) is 4.98 Å². The van der Waals surface area contributed by atoms with E-state index in [9.17, 15) is 0 Å². The zero-order valence-corrected chi connectivity index (χ0v) is 12.5. The highest BCUT2D eigenvalue weighted by Crippen LogP contribution is 2.34. The molecule has 2 aromatic heterocycles. The number of para-hydroxylation sites is 1. The molecule has 0 spiro atoms. The van der Waals surface area contributed by atoms with Crippen molar-refractivity contribution in [3.8, 4) is 0 Å². The molecule has 5 heteroatoms. The van der Waals surface area contributed by atoms with Crippen LogP contribution in [0.5, 0.6) is 0 Å². The van der Waals surface area contributed by atoms with Crippen LogP contribution in [0.2, 0.25) is 0 Å². The number of hydrogen-bond donors (Lipinski definition) is 1. The average Bonchev–Trinajstić information content (AvgIpc) is 3.18. The predicted octanol–water partition coefficient (Wildman–Crippen LogP) is 2.88. The Morgan fingerprint density at radius 2 is 2.00 bits per heavy atom. The molecular weight excluding hydrogens is 282 g/mol. The Morgan fingerprint density at radius 1 is 1.14 bits per heavy atom. The first-order valence-electron chi connectivity index (χ1n) is 7.25. The molecule has 4 rings (SSSR count). The molecule has 1 saturated heterocycles. The van der Waals surface area contributed by atoms with Gasteiger partial charge in [0.25, 0.3) is 0 Å². The van der Waals surface area contributed by atoms with Crippen LogP contribution in [0.4, 0.5) is 0 Å². The number of furan rings is 1. The minimum absolute atomic E-state index is 0.125. The van der Waals surface area contributed by atoms with Gasteiger partial charge in [-0.05, 0) is 24.3 Å². The first kappa shape index (κ1) is 13.0. The summed E-state index contributed by atoms with van der Waals surface area (Å²) in [6, 6.07) is 12.4. The van der Waals surface area contributed by atoms with E-state index < -0.39 is 0 Å². The highest BCUT2D eigenvalue weighted by atomic mass is 32.1. The third-order valence-electron chi connectivity index (χ3n) is 3.87. The molecule has 0 bridgehead atoms. The maximum Gasteiger partial charge on any atom is 0.127 e. The number of hydrogen-bond acceptors (Lipinski definition) is 5. The van der Waals surface area contributed by atoms with Crippen LogP contribution in [0.1, 0.15) is 16.8 Å². The minimum atomic E-state index is 0.125. The van der Waals surface area contributed by atoms with Crippen LogP contribution in [0, 0.1) is 0 Å². The van der Waals surface area contributed by atoms with E-state index in [2.05, 4.69) is 34.5 Å². The van der Waals surface area contributed by atoms with Gasteiger partial charge in [-0.1, -0.05) is 12.1 Å². The molecule has 0 aliphatic carbocycles. The van der Waals surface area contributed by atoms with Crippen molar-refractivity contribution in [1.29, 1.82) is 0 Å². The molecule has 4 nitrogen and oxygen atoms in total. The fraction of sp³-hybridized carbons (Fsp3) is 0.312. The summed E-state index contributed by atoms with van der Waals surface area (Å²) in [5, 5.41) is 4.52. The SMILES string of the molecule is c1coc(C(c2nc3ccccc3s2)N2CCNCC2)c1. The lowest BCUT2D eigenvalue weighted by atomic mass is 10.1. The molecule has 1 N–H and O–H groups in total. The normalized spacial score (nSPS) is 18.1. The van der Waals surface area contributed by atoms with Gasteiger partial charge in [0.15, 0.2) is 0 Å². The molecule has 0 radical (unpaired) electrons. The van der Waals surface area contributed by atoms with E-state index in [1.165, 1.54) is 4.70 Å².